The first-order chi connectivity index (χ1) is 6.81. The maximum absolute atomic E-state index is 11.6. The van der Waals surface area contributed by atoms with E-state index in [0.29, 0.717) is 6.61 Å². The number of esters is 1. The number of aliphatic hydroxyl groups excluding tert-OH is 1. The molecule has 3 N–H and O–H groups in total. The molecule has 5 nitrogen and oxygen atoms in total. The smallest absolute Gasteiger partial charge is 0.323 e. The quantitative estimate of drug-likeness (QED) is 0.618. The van der Waals surface area contributed by atoms with Gasteiger partial charge in [0.1, 0.15) is 11.6 Å². The summed E-state index contributed by atoms with van der Waals surface area (Å²) in [5, 5.41) is 9.49. The van der Waals surface area contributed by atoms with Gasteiger partial charge in [0, 0.05) is 5.92 Å². The normalized spacial score (nSPS) is 28.9. The van der Waals surface area contributed by atoms with Gasteiger partial charge in [-0.2, -0.15) is 0 Å². The lowest BCUT2D eigenvalue weighted by Crippen LogP contribution is -2.46. The van der Waals surface area contributed by atoms with E-state index in [1.807, 2.05) is 0 Å². The van der Waals surface area contributed by atoms with Crippen molar-refractivity contribution in [2.24, 2.45) is 11.7 Å². The van der Waals surface area contributed by atoms with E-state index in [4.69, 9.17) is 15.2 Å². The Balaban J connectivity index is 2.52. The summed E-state index contributed by atoms with van der Waals surface area (Å²) in [6.07, 6.45) is -0.674. The molecule has 0 radical (unpaired) electrons. The fourth-order valence-corrected chi connectivity index (χ4v) is 1.45. The molecule has 1 fully saturated rings. The third-order valence-electron chi connectivity index (χ3n) is 2.23. The van der Waals surface area contributed by atoms with Gasteiger partial charge >= 0.3 is 5.97 Å². The Hall–Kier alpha value is -0.650. The largest absolute Gasteiger partial charge is 0.459 e. The standard InChI is InChI=1S/C10H19NO4/c1-10(2,3)15-9(13)8(11)6-4-14-5-7(6)12/h6-8,12H,4-5,11H2,1-3H3/t6-,7-,8+/m0/s1. The number of nitrogens with two attached hydrogens (primary N) is 1. The maximum Gasteiger partial charge on any atom is 0.323 e. The van der Waals surface area contributed by atoms with Crippen LogP contribution in [-0.4, -0.2) is 42.0 Å². The minimum atomic E-state index is -0.818. The average Bonchev–Trinajstić information content (AvgIpc) is 2.47. The lowest BCUT2D eigenvalue weighted by molar-refractivity contribution is -0.158. The van der Waals surface area contributed by atoms with E-state index >= 15 is 0 Å². The first-order valence-electron chi connectivity index (χ1n) is 5.05. The van der Waals surface area contributed by atoms with E-state index in [1.165, 1.54) is 0 Å². The number of carbonyl (C=O) groups is 1. The van der Waals surface area contributed by atoms with Crippen LogP contribution in [0.4, 0.5) is 0 Å². The van der Waals surface area contributed by atoms with Crippen LogP contribution in [-0.2, 0) is 14.3 Å². The van der Waals surface area contributed by atoms with Gasteiger partial charge in [-0.15, -0.1) is 0 Å². The molecule has 0 unspecified atom stereocenters. The highest BCUT2D eigenvalue weighted by molar-refractivity contribution is 5.76. The van der Waals surface area contributed by atoms with E-state index in [2.05, 4.69) is 0 Å². The highest BCUT2D eigenvalue weighted by Gasteiger charge is 2.37. The van der Waals surface area contributed by atoms with Gasteiger partial charge in [0.05, 0.1) is 19.3 Å². The number of aliphatic hydroxyl groups is 1. The minimum Gasteiger partial charge on any atom is -0.459 e. The molecule has 88 valence electrons. The summed E-state index contributed by atoms with van der Waals surface area (Å²) >= 11 is 0. The molecule has 0 saturated carbocycles. The molecule has 0 aromatic rings. The van der Waals surface area contributed by atoms with E-state index in [9.17, 15) is 9.90 Å². The van der Waals surface area contributed by atoms with Crippen molar-refractivity contribution in [3.63, 3.8) is 0 Å². The molecule has 1 saturated heterocycles. The van der Waals surface area contributed by atoms with Gasteiger partial charge < -0.3 is 20.3 Å². The highest BCUT2D eigenvalue weighted by atomic mass is 16.6. The number of hydrogen-bond acceptors (Lipinski definition) is 5. The number of ether oxygens (including phenoxy) is 2. The summed E-state index contributed by atoms with van der Waals surface area (Å²) < 4.78 is 10.2. The van der Waals surface area contributed by atoms with Gasteiger partial charge in [-0.1, -0.05) is 0 Å². The molecule has 0 aromatic carbocycles. The minimum absolute atomic E-state index is 0.237. The molecule has 0 spiro atoms. The molecule has 1 aliphatic heterocycles. The maximum atomic E-state index is 11.6. The van der Waals surface area contributed by atoms with Crippen molar-refractivity contribution in [2.45, 2.75) is 38.5 Å². The van der Waals surface area contributed by atoms with E-state index in [-0.39, 0.29) is 12.5 Å². The zero-order chi connectivity index (χ0) is 11.6. The van der Waals surface area contributed by atoms with Crippen LogP contribution in [0.1, 0.15) is 20.8 Å². The Bertz CT molecular complexity index is 236. The van der Waals surface area contributed by atoms with Crippen LogP contribution in [0.3, 0.4) is 0 Å². The summed E-state index contributed by atoms with van der Waals surface area (Å²) in [6, 6.07) is -0.818. The van der Waals surface area contributed by atoms with E-state index < -0.39 is 23.7 Å². The molecule has 15 heavy (non-hydrogen) atoms. The summed E-state index contributed by atoms with van der Waals surface area (Å²) in [5.74, 6) is -0.850. The van der Waals surface area contributed by atoms with Crippen LogP contribution < -0.4 is 5.73 Å². The van der Waals surface area contributed by atoms with E-state index in [0.717, 1.165) is 0 Å². The lowest BCUT2D eigenvalue weighted by Gasteiger charge is -2.25. The zero-order valence-corrected chi connectivity index (χ0v) is 9.40. The monoisotopic (exact) mass is 217 g/mol. The van der Waals surface area contributed by atoms with Crippen LogP contribution in [0.15, 0.2) is 0 Å². The summed E-state index contributed by atoms with van der Waals surface area (Å²) in [5.41, 5.74) is 5.15. The molecule has 0 aromatic heterocycles. The second kappa shape index (κ2) is 4.47. The molecular formula is C10H19NO4. The second-order valence-corrected chi connectivity index (χ2v) is 4.83. The van der Waals surface area contributed by atoms with Gasteiger partial charge in [0.2, 0.25) is 0 Å². The second-order valence-electron chi connectivity index (χ2n) is 4.83. The number of rotatable bonds is 2. The van der Waals surface area contributed by atoms with Crippen LogP contribution >= 0.6 is 0 Å². The first-order valence-corrected chi connectivity index (χ1v) is 5.05. The van der Waals surface area contributed by atoms with Gasteiger partial charge in [0.25, 0.3) is 0 Å². The third-order valence-corrected chi connectivity index (χ3v) is 2.23. The average molecular weight is 217 g/mol. The van der Waals surface area contributed by atoms with Gasteiger partial charge in [0.15, 0.2) is 0 Å². The SMILES string of the molecule is CC(C)(C)OC(=O)[C@H](N)[C@H]1COC[C@@H]1O. The molecule has 5 heteroatoms. The first kappa shape index (κ1) is 12.4. The van der Waals surface area contributed by atoms with E-state index in [1.54, 1.807) is 20.8 Å². The van der Waals surface area contributed by atoms with Crippen molar-refractivity contribution < 1.29 is 19.4 Å². The summed E-state index contributed by atoms with van der Waals surface area (Å²) in [7, 11) is 0. The van der Waals surface area contributed by atoms with Crippen molar-refractivity contribution in [3.05, 3.63) is 0 Å². The number of carbonyl (C=O) groups excluding carboxylic acids is 1. The fourth-order valence-electron chi connectivity index (χ4n) is 1.45. The third kappa shape index (κ3) is 3.44. The van der Waals surface area contributed by atoms with Gasteiger partial charge in [-0.25, -0.2) is 0 Å². The molecule has 0 aliphatic carbocycles. The summed E-state index contributed by atoms with van der Waals surface area (Å²) in [6.45, 7) is 5.88. The Morgan fingerprint density at radius 3 is 2.53 bits per heavy atom. The van der Waals surface area contributed by atoms with Crippen LogP contribution in [0.25, 0.3) is 0 Å². The van der Waals surface area contributed by atoms with Crippen LogP contribution in [0.2, 0.25) is 0 Å². The van der Waals surface area contributed by atoms with Crippen molar-refractivity contribution >= 4 is 5.97 Å². The van der Waals surface area contributed by atoms with Crippen LogP contribution in [0.5, 0.6) is 0 Å². The van der Waals surface area contributed by atoms with Gasteiger partial charge in [-0.3, -0.25) is 4.79 Å². The fraction of sp³-hybridized carbons (Fsp3) is 0.900. The summed E-state index contributed by atoms with van der Waals surface area (Å²) in [4.78, 5) is 11.6. The molecule has 0 amide bonds. The van der Waals surface area contributed by atoms with Crippen molar-refractivity contribution in [1.29, 1.82) is 0 Å². The molecule has 0 bridgehead atoms. The number of hydrogen-bond donors (Lipinski definition) is 2. The Morgan fingerprint density at radius 2 is 2.13 bits per heavy atom. The molecule has 1 rings (SSSR count). The van der Waals surface area contributed by atoms with Crippen molar-refractivity contribution in [2.75, 3.05) is 13.2 Å². The Labute approximate surface area is 89.5 Å². The van der Waals surface area contributed by atoms with Crippen molar-refractivity contribution in [1.82, 2.24) is 0 Å². The van der Waals surface area contributed by atoms with Crippen molar-refractivity contribution in [3.8, 4) is 0 Å². The highest BCUT2D eigenvalue weighted by Crippen LogP contribution is 2.19. The molecule has 1 heterocycles. The Morgan fingerprint density at radius 1 is 1.53 bits per heavy atom. The Kier molecular flexibility index (Phi) is 3.70. The van der Waals surface area contributed by atoms with Crippen LogP contribution in [0, 0.1) is 5.92 Å². The molecular weight excluding hydrogens is 198 g/mol. The molecule has 3 atom stereocenters. The predicted octanol–water partition coefficient (Wildman–Crippen LogP) is -0.337. The molecule has 1 aliphatic rings. The zero-order valence-electron chi connectivity index (χ0n) is 9.40. The predicted molar refractivity (Wildman–Crippen MR) is 54.1 cm³/mol. The lowest BCUT2D eigenvalue weighted by atomic mass is 9.97. The topological polar surface area (TPSA) is 81.8 Å². The van der Waals surface area contributed by atoms with Gasteiger partial charge in [-0.05, 0) is 20.8 Å².